The Labute approximate surface area is 284 Å². The van der Waals surface area contributed by atoms with E-state index < -0.39 is 39.9 Å². The fraction of sp³-hybridized carbons (Fsp3) is 0.161. The number of nitrogens with zero attached hydrogens (tertiary/aromatic N) is 2. The number of nitrogens with one attached hydrogen (secondary N) is 2. The lowest BCUT2D eigenvalue weighted by Gasteiger charge is -2.35. The minimum absolute atomic E-state index is 0.0157. The Morgan fingerprint density at radius 2 is 1.52 bits per heavy atom. The molecule has 1 aliphatic heterocycles. The number of aliphatic carboxylic acids is 1. The van der Waals surface area contributed by atoms with E-state index in [1.165, 1.54) is 30.6 Å². The standard InChI is InChI=1S/C31H24Cl4N4O6S/c32-20-11-21(33)13-23(12-20)46(44,45)39-16-19-4-2-1-3-18(19)10-27(39)29(40)38-26(31(42)43)9-17-5-7-22(8-6-17)37-30(41)28-24(34)14-36-15-25(28)35/h1-8,11-15,26-27H,9-10,16H2,(H,37,41)(H,38,40)(H,42,43)/t26-,27?/m0/s1. The van der Waals surface area contributed by atoms with Crippen molar-refractivity contribution in [3.8, 4) is 0 Å². The monoisotopic (exact) mass is 720 g/mol. The van der Waals surface area contributed by atoms with Crippen LogP contribution in [0.25, 0.3) is 0 Å². The summed E-state index contributed by atoms with van der Waals surface area (Å²) in [6.45, 7) is -0.123. The Balaban J connectivity index is 1.35. The minimum Gasteiger partial charge on any atom is -0.480 e. The van der Waals surface area contributed by atoms with Gasteiger partial charge in [0, 0.05) is 41.1 Å². The molecule has 2 heterocycles. The number of carboxylic acids is 1. The molecule has 15 heteroatoms. The van der Waals surface area contributed by atoms with Crippen molar-refractivity contribution in [1.82, 2.24) is 14.6 Å². The van der Waals surface area contributed by atoms with E-state index in [0.29, 0.717) is 16.8 Å². The maximum Gasteiger partial charge on any atom is 0.326 e. The van der Waals surface area contributed by atoms with Crippen LogP contribution in [0.4, 0.5) is 5.69 Å². The molecule has 1 aliphatic rings. The first-order chi connectivity index (χ1) is 21.8. The number of carbonyl (C=O) groups is 3. The largest absolute Gasteiger partial charge is 0.480 e. The molecule has 0 aliphatic carbocycles. The van der Waals surface area contributed by atoms with Crippen LogP contribution in [0.1, 0.15) is 27.0 Å². The number of rotatable bonds is 9. The maximum absolute atomic E-state index is 13.8. The van der Waals surface area contributed by atoms with E-state index in [4.69, 9.17) is 46.4 Å². The molecule has 10 nitrogen and oxygen atoms in total. The Morgan fingerprint density at radius 3 is 2.13 bits per heavy atom. The number of pyridine rings is 1. The molecule has 4 aromatic rings. The van der Waals surface area contributed by atoms with Gasteiger partial charge in [0.1, 0.15) is 12.1 Å². The summed E-state index contributed by atoms with van der Waals surface area (Å²) in [4.78, 5) is 42.3. The summed E-state index contributed by atoms with van der Waals surface area (Å²) in [7, 11) is -4.30. The molecule has 0 saturated carbocycles. The van der Waals surface area contributed by atoms with E-state index >= 15 is 0 Å². The van der Waals surface area contributed by atoms with Gasteiger partial charge in [-0.2, -0.15) is 4.31 Å². The van der Waals surface area contributed by atoms with Gasteiger partial charge in [-0.1, -0.05) is 82.8 Å². The summed E-state index contributed by atoms with van der Waals surface area (Å²) < 4.78 is 28.7. The third kappa shape index (κ3) is 7.46. The quantitative estimate of drug-likeness (QED) is 0.196. The SMILES string of the molecule is O=C(Nc1ccc(C[C@H](NC(=O)C2Cc3ccccc3CN2S(=O)(=O)c2cc(Cl)cc(Cl)c2)C(=O)O)cc1)c1c(Cl)cncc1Cl. The molecule has 0 saturated heterocycles. The third-order valence-electron chi connectivity index (χ3n) is 7.30. The first-order valence-electron chi connectivity index (χ1n) is 13.6. The molecule has 5 rings (SSSR count). The Hall–Kier alpha value is -3.71. The molecular weight excluding hydrogens is 698 g/mol. The summed E-state index contributed by atoms with van der Waals surface area (Å²) in [6.07, 6.45) is 2.47. The topological polar surface area (TPSA) is 146 Å². The van der Waals surface area contributed by atoms with Gasteiger partial charge in [-0.15, -0.1) is 0 Å². The highest BCUT2D eigenvalue weighted by Gasteiger charge is 2.41. The van der Waals surface area contributed by atoms with Gasteiger partial charge in [0.05, 0.1) is 20.5 Å². The zero-order valence-electron chi connectivity index (χ0n) is 23.6. The van der Waals surface area contributed by atoms with E-state index in [0.717, 1.165) is 9.87 Å². The summed E-state index contributed by atoms with van der Waals surface area (Å²) in [5.74, 6) is -2.66. The molecule has 2 amide bonds. The average molecular weight is 722 g/mol. The number of hydrogen-bond donors (Lipinski definition) is 3. The van der Waals surface area contributed by atoms with Crippen molar-refractivity contribution in [2.24, 2.45) is 0 Å². The highest BCUT2D eigenvalue weighted by Crippen LogP contribution is 2.32. The molecule has 238 valence electrons. The number of carbonyl (C=O) groups excluding carboxylic acids is 2. The van der Waals surface area contributed by atoms with Gasteiger partial charge in [0.15, 0.2) is 0 Å². The third-order valence-corrected chi connectivity index (χ3v) is 10.1. The van der Waals surface area contributed by atoms with Gasteiger partial charge < -0.3 is 15.7 Å². The molecular formula is C31H24Cl4N4O6S. The fourth-order valence-corrected chi connectivity index (χ4v) is 7.87. The van der Waals surface area contributed by atoms with Crippen molar-refractivity contribution in [3.63, 3.8) is 0 Å². The summed E-state index contributed by atoms with van der Waals surface area (Å²) in [5.41, 5.74) is 2.43. The lowest BCUT2D eigenvalue weighted by molar-refractivity contribution is -0.142. The van der Waals surface area contributed by atoms with Gasteiger partial charge in [-0.3, -0.25) is 14.6 Å². The van der Waals surface area contributed by atoms with Crippen molar-refractivity contribution >= 4 is 79.9 Å². The number of hydrogen-bond acceptors (Lipinski definition) is 6. The highest BCUT2D eigenvalue weighted by molar-refractivity contribution is 7.89. The Bertz CT molecular complexity index is 1900. The van der Waals surface area contributed by atoms with Crippen molar-refractivity contribution in [2.75, 3.05) is 5.32 Å². The zero-order chi connectivity index (χ0) is 33.2. The first kappa shape index (κ1) is 33.6. The lowest BCUT2D eigenvalue weighted by Crippen LogP contribution is -2.55. The van der Waals surface area contributed by atoms with Crippen LogP contribution in [0.3, 0.4) is 0 Å². The molecule has 1 aromatic heterocycles. The van der Waals surface area contributed by atoms with E-state index in [2.05, 4.69) is 15.6 Å². The molecule has 3 aromatic carbocycles. The van der Waals surface area contributed by atoms with Gasteiger partial charge in [-0.25, -0.2) is 13.2 Å². The first-order valence-corrected chi connectivity index (χ1v) is 16.6. The van der Waals surface area contributed by atoms with E-state index in [-0.39, 0.29) is 49.9 Å². The zero-order valence-corrected chi connectivity index (χ0v) is 27.4. The summed E-state index contributed by atoms with van der Waals surface area (Å²) >= 11 is 24.3. The van der Waals surface area contributed by atoms with Crippen molar-refractivity contribution < 1.29 is 27.9 Å². The lowest BCUT2D eigenvalue weighted by atomic mass is 9.95. The van der Waals surface area contributed by atoms with Crippen molar-refractivity contribution in [1.29, 1.82) is 0 Å². The van der Waals surface area contributed by atoms with E-state index in [1.54, 1.807) is 48.5 Å². The summed E-state index contributed by atoms with van der Waals surface area (Å²) in [5, 5.41) is 15.5. The van der Waals surface area contributed by atoms with Gasteiger partial charge in [-0.05, 0) is 53.4 Å². The van der Waals surface area contributed by atoms with Crippen LogP contribution < -0.4 is 10.6 Å². The van der Waals surface area contributed by atoms with Gasteiger partial charge in [0.2, 0.25) is 15.9 Å². The predicted molar refractivity (Wildman–Crippen MR) is 175 cm³/mol. The normalized spacial score (nSPS) is 15.4. The molecule has 3 N–H and O–H groups in total. The van der Waals surface area contributed by atoms with Crippen LogP contribution >= 0.6 is 46.4 Å². The molecule has 0 radical (unpaired) electrons. The molecule has 46 heavy (non-hydrogen) atoms. The Morgan fingerprint density at radius 1 is 0.913 bits per heavy atom. The smallest absolute Gasteiger partial charge is 0.326 e. The van der Waals surface area contributed by atoms with Crippen LogP contribution in [0.2, 0.25) is 20.1 Å². The number of anilines is 1. The van der Waals surface area contributed by atoms with Crippen LogP contribution in [-0.4, -0.2) is 52.7 Å². The number of fused-ring (bicyclic) bond motifs is 1. The van der Waals surface area contributed by atoms with Crippen LogP contribution in [0.15, 0.2) is 84.0 Å². The fourth-order valence-electron chi connectivity index (χ4n) is 5.04. The average Bonchev–Trinajstić information content (AvgIpc) is 3.00. The second-order valence-corrected chi connectivity index (χ2v) is 14.0. The maximum atomic E-state index is 13.8. The van der Waals surface area contributed by atoms with Crippen molar-refractivity contribution in [2.45, 2.75) is 36.4 Å². The molecule has 0 spiro atoms. The van der Waals surface area contributed by atoms with Crippen LogP contribution in [-0.2, 0) is 39.0 Å². The second kappa shape index (κ2) is 14.0. The summed E-state index contributed by atoms with van der Waals surface area (Å²) in [6, 6.07) is 14.6. The molecule has 2 atom stereocenters. The number of aromatic nitrogens is 1. The number of amides is 2. The Kier molecular flexibility index (Phi) is 10.2. The molecule has 1 unspecified atom stereocenters. The minimum atomic E-state index is -4.30. The highest BCUT2D eigenvalue weighted by atomic mass is 35.5. The van der Waals surface area contributed by atoms with Crippen LogP contribution in [0, 0.1) is 0 Å². The number of carboxylic acid groups (broad SMARTS) is 1. The van der Waals surface area contributed by atoms with Crippen LogP contribution in [0.5, 0.6) is 0 Å². The number of halogens is 4. The number of sulfonamides is 1. The number of benzene rings is 3. The van der Waals surface area contributed by atoms with Gasteiger partial charge in [0.25, 0.3) is 5.91 Å². The second-order valence-electron chi connectivity index (χ2n) is 10.4. The predicted octanol–water partition coefficient (Wildman–Crippen LogP) is 5.88. The molecule has 0 bridgehead atoms. The molecule has 0 fully saturated rings. The van der Waals surface area contributed by atoms with E-state index in [9.17, 15) is 27.9 Å². The van der Waals surface area contributed by atoms with Crippen molar-refractivity contribution in [3.05, 3.63) is 121 Å². The van der Waals surface area contributed by atoms with E-state index in [1.807, 2.05) is 0 Å². The van der Waals surface area contributed by atoms with Gasteiger partial charge >= 0.3 is 5.97 Å².